The highest BCUT2D eigenvalue weighted by Crippen LogP contribution is 2.30. The monoisotopic (exact) mass is 278 g/mol. The minimum absolute atomic E-state index is 0.119. The number of nitro groups is 1. The summed E-state index contributed by atoms with van der Waals surface area (Å²) in [7, 11) is 0. The topological polar surface area (TPSA) is 112 Å². The second kappa shape index (κ2) is 5.66. The Hall–Kier alpha value is -2.48. The predicted octanol–water partition coefficient (Wildman–Crippen LogP) is 0.650. The van der Waals surface area contributed by atoms with Gasteiger partial charge in [-0.3, -0.25) is 14.9 Å². The van der Waals surface area contributed by atoms with Crippen molar-refractivity contribution in [3.8, 4) is 0 Å². The molecule has 1 aromatic carbocycles. The Kier molecular flexibility index (Phi) is 3.94. The van der Waals surface area contributed by atoms with Gasteiger partial charge in [0.1, 0.15) is 5.69 Å². The summed E-state index contributed by atoms with van der Waals surface area (Å²) in [5, 5.41) is 20.4. The van der Waals surface area contributed by atoms with Gasteiger partial charge in [-0.15, -0.1) is 0 Å². The van der Waals surface area contributed by atoms with Crippen molar-refractivity contribution in [2.45, 2.75) is 6.92 Å². The maximum Gasteiger partial charge on any atom is 0.293 e. The van der Waals surface area contributed by atoms with E-state index in [-0.39, 0.29) is 24.2 Å². The Balaban J connectivity index is 2.71. The molecule has 2 N–H and O–H groups in total. The Bertz CT molecular complexity index is 697. The van der Waals surface area contributed by atoms with E-state index in [1.807, 2.05) is 6.92 Å². The normalized spacial score (nSPS) is 10.7. The van der Waals surface area contributed by atoms with Crippen molar-refractivity contribution in [1.29, 1.82) is 0 Å². The molecule has 8 heteroatoms. The highest BCUT2D eigenvalue weighted by Gasteiger charge is 2.20. The van der Waals surface area contributed by atoms with Crippen molar-refractivity contribution in [1.82, 2.24) is 9.97 Å². The summed E-state index contributed by atoms with van der Waals surface area (Å²) < 4.78 is 0. The molecule has 0 aliphatic rings. The van der Waals surface area contributed by atoms with Crippen molar-refractivity contribution in [2.24, 2.45) is 0 Å². The summed E-state index contributed by atoms with van der Waals surface area (Å²) in [5.41, 5.74) is 0.129. The lowest BCUT2D eigenvalue weighted by molar-refractivity contribution is -0.384. The van der Waals surface area contributed by atoms with E-state index >= 15 is 0 Å². The van der Waals surface area contributed by atoms with Crippen molar-refractivity contribution in [2.75, 3.05) is 24.6 Å². The first-order valence-electron chi connectivity index (χ1n) is 6.10. The number of fused-ring (bicyclic) bond motifs is 1. The minimum Gasteiger partial charge on any atom is -0.395 e. The minimum atomic E-state index is -0.540. The molecule has 2 rings (SSSR count). The number of anilines is 1. The number of aliphatic hydroxyl groups excluding tert-OH is 1. The number of hydrogen-bond donors (Lipinski definition) is 2. The molecule has 0 saturated heterocycles. The van der Waals surface area contributed by atoms with Crippen LogP contribution in [0.25, 0.3) is 10.9 Å². The average molecular weight is 278 g/mol. The fourth-order valence-electron chi connectivity index (χ4n) is 2.06. The van der Waals surface area contributed by atoms with Gasteiger partial charge in [0, 0.05) is 19.2 Å². The van der Waals surface area contributed by atoms with Gasteiger partial charge in [0.15, 0.2) is 0 Å². The van der Waals surface area contributed by atoms with Gasteiger partial charge in [0.25, 0.3) is 11.2 Å². The van der Waals surface area contributed by atoms with Crippen LogP contribution in [0.2, 0.25) is 0 Å². The Morgan fingerprint density at radius 2 is 2.25 bits per heavy atom. The quantitative estimate of drug-likeness (QED) is 0.613. The number of benzene rings is 1. The number of hydrogen-bond acceptors (Lipinski definition) is 6. The van der Waals surface area contributed by atoms with E-state index in [0.717, 1.165) is 0 Å². The molecule has 8 nitrogen and oxygen atoms in total. The van der Waals surface area contributed by atoms with Crippen molar-refractivity contribution < 1.29 is 10.0 Å². The standard InChI is InChI=1S/C12H14N4O4/c1-2-15(3-4-17)10-6-9-8(5-11(10)16(19)20)12(18)14-7-13-9/h5-7,17H,2-4H2,1H3,(H,13,14,18). The zero-order valence-corrected chi connectivity index (χ0v) is 10.9. The maximum absolute atomic E-state index is 11.7. The van der Waals surface area contributed by atoms with Gasteiger partial charge >= 0.3 is 0 Å². The predicted molar refractivity (Wildman–Crippen MR) is 74.0 cm³/mol. The third kappa shape index (κ3) is 2.45. The lowest BCUT2D eigenvalue weighted by Crippen LogP contribution is -2.27. The summed E-state index contributed by atoms with van der Waals surface area (Å²) in [6.07, 6.45) is 1.25. The summed E-state index contributed by atoms with van der Waals surface area (Å²) in [6.45, 7) is 2.47. The first kappa shape index (κ1) is 13.9. The van der Waals surface area contributed by atoms with E-state index in [0.29, 0.717) is 17.7 Å². The maximum atomic E-state index is 11.7. The average Bonchev–Trinajstić information content (AvgIpc) is 2.44. The molecule has 0 saturated carbocycles. The van der Waals surface area contributed by atoms with E-state index in [2.05, 4.69) is 9.97 Å². The molecule has 0 aliphatic carbocycles. The van der Waals surface area contributed by atoms with Crippen LogP contribution in [0.3, 0.4) is 0 Å². The highest BCUT2D eigenvalue weighted by atomic mass is 16.6. The van der Waals surface area contributed by atoms with Crippen molar-refractivity contribution >= 4 is 22.3 Å². The largest absolute Gasteiger partial charge is 0.395 e. The molecule has 1 aromatic heterocycles. The van der Waals surface area contributed by atoms with Crippen LogP contribution in [-0.2, 0) is 0 Å². The third-order valence-corrected chi connectivity index (χ3v) is 3.03. The molecule has 0 aliphatic heterocycles. The lowest BCUT2D eigenvalue weighted by atomic mass is 10.1. The first-order valence-corrected chi connectivity index (χ1v) is 6.10. The van der Waals surface area contributed by atoms with Crippen LogP contribution in [0.15, 0.2) is 23.3 Å². The van der Waals surface area contributed by atoms with Crippen LogP contribution >= 0.6 is 0 Å². The number of nitrogens with one attached hydrogen (secondary N) is 1. The number of aliphatic hydroxyl groups is 1. The number of H-pyrrole nitrogens is 1. The third-order valence-electron chi connectivity index (χ3n) is 3.03. The van der Waals surface area contributed by atoms with Crippen LogP contribution in [-0.4, -0.2) is 39.7 Å². The van der Waals surface area contributed by atoms with Gasteiger partial charge in [-0.05, 0) is 13.0 Å². The van der Waals surface area contributed by atoms with Gasteiger partial charge in [-0.25, -0.2) is 4.98 Å². The molecule has 0 bridgehead atoms. The molecule has 0 radical (unpaired) electrons. The molecule has 0 amide bonds. The summed E-state index contributed by atoms with van der Waals surface area (Å²) in [5.74, 6) is 0. The summed E-state index contributed by atoms with van der Waals surface area (Å²) in [4.78, 5) is 30.4. The number of aromatic amines is 1. The number of likely N-dealkylation sites (N-methyl/N-ethyl adjacent to an activating group) is 1. The molecule has 1 heterocycles. The van der Waals surface area contributed by atoms with Crippen LogP contribution < -0.4 is 10.5 Å². The van der Waals surface area contributed by atoms with Crippen LogP contribution in [0.1, 0.15) is 6.92 Å². The van der Waals surface area contributed by atoms with E-state index in [4.69, 9.17) is 5.11 Å². The molecule has 2 aromatic rings. The first-order chi connectivity index (χ1) is 9.58. The number of nitro benzene ring substituents is 1. The van der Waals surface area contributed by atoms with Crippen molar-refractivity contribution in [3.63, 3.8) is 0 Å². The van der Waals surface area contributed by atoms with Crippen LogP contribution in [0, 0.1) is 10.1 Å². The number of rotatable bonds is 5. The highest BCUT2D eigenvalue weighted by molar-refractivity contribution is 5.86. The lowest BCUT2D eigenvalue weighted by Gasteiger charge is -2.21. The fourth-order valence-corrected chi connectivity index (χ4v) is 2.06. The Morgan fingerprint density at radius 3 is 2.85 bits per heavy atom. The van der Waals surface area contributed by atoms with Crippen molar-refractivity contribution in [3.05, 3.63) is 38.9 Å². The summed E-state index contributed by atoms with van der Waals surface area (Å²) >= 11 is 0. The van der Waals surface area contributed by atoms with Crippen LogP contribution in [0.4, 0.5) is 11.4 Å². The molecular weight excluding hydrogens is 264 g/mol. The van der Waals surface area contributed by atoms with Crippen LogP contribution in [0.5, 0.6) is 0 Å². The number of aromatic nitrogens is 2. The second-order valence-corrected chi connectivity index (χ2v) is 4.15. The van der Waals surface area contributed by atoms with E-state index in [1.165, 1.54) is 18.5 Å². The zero-order valence-electron chi connectivity index (χ0n) is 10.9. The van der Waals surface area contributed by atoms with E-state index in [1.54, 1.807) is 4.90 Å². The molecule has 0 spiro atoms. The van der Waals surface area contributed by atoms with E-state index in [9.17, 15) is 14.9 Å². The van der Waals surface area contributed by atoms with Gasteiger partial charge in [-0.1, -0.05) is 0 Å². The molecular formula is C12H14N4O4. The SMILES string of the molecule is CCN(CCO)c1cc2nc[nH]c(=O)c2cc1[N+](=O)[O-]. The molecule has 0 unspecified atom stereocenters. The zero-order chi connectivity index (χ0) is 14.7. The smallest absolute Gasteiger partial charge is 0.293 e. The second-order valence-electron chi connectivity index (χ2n) is 4.15. The molecule has 20 heavy (non-hydrogen) atoms. The molecule has 106 valence electrons. The van der Waals surface area contributed by atoms with Gasteiger partial charge < -0.3 is 15.0 Å². The van der Waals surface area contributed by atoms with Gasteiger partial charge in [0.2, 0.25) is 0 Å². The number of nitrogens with zero attached hydrogens (tertiary/aromatic N) is 3. The molecule has 0 fully saturated rings. The Labute approximate surface area is 113 Å². The summed E-state index contributed by atoms with van der Waals surface area (Å²) in [6, 6.07) is 2.72. The van der Waals surface area contributed by atoms with Gasteiger partial charge in [0.05, 0.1) is 28.8 Å². The van der Waals surface area contributed by atoms with E-state index < -0.39 is 10.5 Å². The molecule has 0 atom stereocenters. The Morgan fingerprint density at radius 1 is 1.50 bits per heavy atom. The fraction of sp³-hybridized carbons (Fsp3) is 0.333. The van der Waals surface area contributed by atoms with Gasteiger partial charge in [-0.2, -0.15) is 0 Å².